The molecule has 10 aromatic heterocycles. The Kier molecular flexibility index (Phi) is 33.5. The fraction of sp³-hybridized carbons (Fsp3) is 0.391. The van der Waals surface area contributed by atoms with E-state index in [9.17, 15) is 29.1 Å². The number of carboxylic acids is 1. The van der Waals surface area contributed by atoms with Crippen LogP contribution in [0.25, 0.3) is 83.0 Å². The number of aromatic nitrogens is 13. The number of carbonyl (C=O) groups excluding carboxylic acids is 4. The largest absolute Gasteiger partial charge is 0.481 e. The molecule has 4 saturated heterocycles. The Balaban J connectivity index is 0.000000121. The minimum atomic E-state index is -0.681. The molecule has 7 aliphatic rings. The highest BCUT2D eigenvalue weighted by Crippen LogP contribution is 2.45. The van der Waals surface area contributed by atoms with Gasteiger partial charge in [-0.3, -0.25) is 39.3 Å². The van der Waals surface area contributed by atoms with Crippen LogP contribution in [0.15, 0.2) is 226 Å². The summed E-state index contributed by atoms with van der Waals surface area (Å²) in [6.45, 7) is 14.5. The minimum absolute atomic E-state index is 0. The van der Waals surface area contributed by atoms with Crippen LogP contribution >= 0.6 is 58.8 Å². The Morgan fingerprint density at radius 3 is 0.957 bits per heavy atom. The number of likely N-dealkylation sites (tertiary alicyclic amines) is 3. The molecule has 26 nitrogen and oxygen atoms in total. The van der Waals surface area contributed by atoms with E-state index in [0.29, 0.717) is 86.1 Å². The maximum atomic E-state index is 13.0. The second-order valence-electron chi connectivity index (χ2n) is 37.6. The molecular formula is C110H120Cl5N17O9. The van der Waals surface area contributed by atoms with Crippen LogP contribution < -0.4 is 0 Å². The van der Waals surface area contributed by atoms with Gasteiger partial charge in [0, 0.05) is 172 Å². The number of aryl methyl sites for hydroxylation is 1. The lowest BCUT2D eigenvalue weighted by atomic mass is 9.80. The third-order valence-corrected chi connectivity index (χ3v) is 30.0. The van der Waals surface area contributed by atoms with E-state index in [1.807, 2.05) is 203 Å². The Bertz CT molecular complexity index is 6600. The van der Waals surface area contributed by atoms with Crippen molar-refractivity contribution in [3.63, 3.8) is 0 Å². The van der Waals surface area contributed by atoms with Gasteiger partial charge in [-0.15, -0.1) is 12.4 Å². The zero-order chi connectivity index (χ0) is 96.7. The second-order valence-corrected chi connectivity index (χ2v) is 39.3. The summed E-state index contributed by atoms with van der Waals surface area (Å²) >= 11 is 24.2. The van der Waals surface area contributed by atoms with Gasteiger partial charge < -0.3 is 48.1 Å². The van der Waals surface area contributed by atoms with Crippen molar-refractivity contribution in [1.29, 1.82) is 0 Å². The van der Waals surface area contributed by atoms with E-state index in [0.717, 1.165) is 241 Å². The highest BCUT2D eigenvalue weighted by atomic mass is 35.5. The second kappa shape index (κ2) is 47.1. The number of piperidine rings is 2. The lowest BCUT2D eigenvalue weighted by Crippen LogP contribution is -2.50. The minimum Gasteiger partial charge on any atom is -0.481 e. The molecule has 4 amide bonds. The number of hydrogen-bond donors (Lipinski definition) is 1. The van der Waals surface area contributed by atoms with Crippen molar-refractivity contribution < 1.29 is 43.3 Å². The lowest BCUT2D eigenvalue weighted by molar-refractivity contribution is -0.150. The first-order valence-electron chi connectivity index (χ1n) is 49.6. The van der Waals surface area contributed by atoms with E-state index in [-0.39, 0.29) is 60.1 Å². The fourth-order valence-electron chi connectivity index (χ4n) is 21.3. The number of morpholine rings is 1. The standard InChI is InChI=1S/C25H29ClN4O.C23H25ClN4O2.C22H25N3O2.C21H22ClN3O2.C19H18ClN3O2.ClH/c26-20-5-7-21(8-6-20)30-18-23(22-9-12-27-17-24(22)30)19-10-15-29(16-11-19)25(31)28-13-3-1-2-4-14-28;24-18-1-3-19(4-2-18)28-16-21(20-5-8-25-15-22(20)28)17-6-9-26(10-7-17)23(29)27-11-13-30-14-12-27;1-3-27-22(26)17-8-6-16(7-9-17)21-19-12-13-23-14-20(19)25(24-21)18-10-4-15(2)5-11-18;1-2-27-21(26)15-5-3-14(4-6-15)20-18-11-12-23-13-19(18)25(24-20)17-9-7-16(22)8-10-17;20-14-5-7-15(8-6-14)23-17-11-21-10-9-16(17)18(22-23)12-1-3-13(4-2-12)19(24)25;/h5-9,12,17-19H,1-4,10-11,13-16H2;1-5,8,15-17H,6-7,9-14H2;4-5,10-14,16-17H,3,6-9H2,1-2H3;7-15H,2-6H2,1H3;5-13H,1-4H2,(H,24,25);1H. The van der Waals surface area contributed by atoms with Gasteiger partial charge in [-0.25, -0.2) is 23.6 Å². The SMILES string of the molecule is CCOC(=O)C1CCC(c2nn(-c3ccc(C)cc3)c3cnccc23)CC1.CCOC(=O)C1CCC(c2nn(-c3ccc(Cl)cc3)c3cnccc23)CC1.Cl.O=C(N1CCCCCC1)N1CCC(c2cn(-c3ccc(Cl)cc3)c3cnccc23)CC1.O=C(N1CCOCC1)N1CCC(c2cn(-c3ccc(Cl)cc3)c3cnccc23)CC1.O=C(O)C1CCC(c2nn(-c3ccc(Cl)cc3)c3cnccc23)CC1. The van der Waals surface area contributed by atoms with Crippen molar-refractivity contribution in [1.82, 2.24) is 83.0 Å². The van der Waals surface area contributed by atoms with E-state index >= 15 is 0 Å². The summed E-state index contributed by atoms with van der Waals surface area (Å²) in [6, 6.07) is 50.1. The number of hydrogen-bond acceptors (Lipinski definition) is 16. The smallest absolute Gasteiger partial charge is 0.320 e. The molecule has 0 unspecified atom stereocenters. The van der Waals surface area contributed by atoms with Crippen LogP contribution in [0.2, 0.25) is 20.1 Å². The Morgan fingerprint density at radius 2 is 0.631 bits per heavy atom. The number of esters is 2. The third-order valence-electron chi connectivity index (χ3n) is 28.9. The molecule has 5 aromatic carbocycles. The van der Waals surface area contributed by atoms with Crippen LogP contribution in [-0.2, 0) is 28.6 Å². The first-order chi connectivity index (χ1) is 68.4. The molecule has 1 N–H and O–H groups in total. The number of benzene rings is 5. The molecule has 31 heteroatoms. The zero-order valence-electron chi connectivity index (χ0n) is 79.8. The van der Waals surface area contributed by atoms with Gasteiger partial charge >= 0.3 is 30.0 Å². The topological polar surface area (TPSA) is 274 Å². The maximum absolute atomic E-state index is 13.0. The summed E-state index contributed by atoms with van der Waals surface area (Å²) in [7, 11) is 0. The average molecular weight is 2000 g/mol. The van der Waals surface area contributed by atoms with Gasteiger partial charge in [0.05, 0.1) is 137 Å². The molecule has 14 heterocycles. The van der Waals surface area contributed by atoms with Crippen molar-refractivity contribution >= 4 is 143 Å². The quantitative estimate of drug-likeness (QED) is 0.0934. The number of nitrogens with zero attached hydrogens (tertiary/aromatic N) is 17. The maximum Gasteiger partial charge on any atom is 0.320 e. The molecule has 15 aromatic rings. The number of halogens is 5. The molecule has 22 rings (SSSR count). The van der Waals surface area contributed by atoms with Crippen molar-refractivity contribution in [2.75, 3.05) is 78.8 Å². The Morgan fingerprint density at radius 1 is 0.340 bits per heavy atom. The fourth-order valence-corrected chi connectivity index (χ4v) is 21.8. The van der Waals surface area contributed by atoms with E-state index in [1.165, 1.54) is 40.3 Å². The van der Waals surface area contributed by atoms with Crippen LogP contribution in [0.5, 0.6) is 0 Å². The van der Waals surface area contributed by atoms with E-state index in [4.69, 9.17) is 75.9 Å². The first-order valence-corrected chi connectivity index (χ1v) is 51.1. The molecule has 141 heavy (non-hydrogen) atoms. The molecule has 7 fully saturated rings. The van der Waals surface area contributed by atoms with Crippen LogP contribution in [0.1, 0.15) is 206 Å². The molecule has 3 aliphatic carbocycles. The summed E-state index contributed by atoms with van der Waals surface area (Å²) in [5.41, 5.74) is 17.5. The molecule has 3 saturated carbocycles. The molecule has 0 atom stereocenters. The van der Waals surface area contributed by atoms with Gasteiger partial charge in [0.2, 0.25) is 0 Å². The van der Waals surface area contributed by atoms with Crippen molar-refractivity contribution in [3.8, 4) is 28.4 Å². The number of ether oxygens (including phenoxy) is 3. The monoisotopic (exact) mass is 2000 g/mol. The third kappa shape index (κ3) is 23.4. The number of carboxylic acid groups (broad SMARTS) is 1. The zero-order valence-corrected chi connectivity index (χ0v) is 83.7. The number of amides is 4. The summed E-state index contributed by atoms with van der Waals surface area (Å²) in [5.74, 6) is 0.925. The molecule has 0 bridgehead atoms. The summed E-state index contributed by atoms with van der Waals surface area (Å²) < 4.78 is 26.0. The van der Waals surface area contributed by atoms with Gasteiger partial charge in [-0.05, 0) is 299 Å². The van der Waals surface area contributed by atoms with Crippen molar-refractivity contribution in [3.05, 3.63) is 280 Å². The molecule has 734 valence electrons. The molecule has 4 aliphatic heterocycles. The number of carbonyl (C=O) groups is 5. The lowest BCUT2D eigenvalue weighted by Gasteiger charge is -2.37. The summed E-state index contributed by atoms with van der Waals surface area (Å²) in [4.78, 5) is 90.6. The average Bonchev–Trinajstić information content (AvgIpc) is 1.64. The number of pyridine rings is 5. The number of fused-ring (bicyclic) bond motifs is 5. The van der Waals surface area contributed by atoms with E-state index < -0.39 is 5.97 Å². The Labute approximate surface area is 847 Å². The van der Waals surface area contributed by atoms with Crippen LogP contribution in [0.4, 0.5) is 9.59 Å². The van der Waals surface area contributed by atoms with Gasteiger partial charge in [0.15, 0.2) is 0 Å². The molecule has 0 spiro atoms. The predicted octanol–water partition coefficient (Wildman–Crippen LogP) is 24.5. The summed E-state index contributed by atoms with van der Waals surface area (Å²) in [5, 5.41) is 32.7. The number of aliphatic carboxylic acids is 1. The van der Waals surface area contributed by atoms with Crippen LogP contribution in [0, 0.1) is 24.7 Å². The summed E-state index contributed by atoms with van der Waals surface area (Å²) in [6.07, 6.45) is 42.2. The van der Waals surface area contributed by atoms with Gasteiger partial charge in [0.25, 0.3) is 0 Å². The van der Waals surface area contributed by atoms with E-state index in [1.54, 1.807) is 6.20 Å². The van der Waals surface area contributed by atoms with Crippen LogP contribution in [-0.4, -0.2) is 197 Å². The van der Waals surface area contributed by atoms with Gasteiger partial charge in [0.1, 0.15) is 0 Å². The van der Waals surface area contributed by atoms with Gasteiger partial charge in [-0.1, -0.05) is 76.9 Å². The van der Waals surface area contributed by atoms with Crippen molar-refractivity contribution in [2.24, 2.45) is 17.8 Å². The van der Waals surface area contributed by atoms with Crippen LogP contribution in [0.3, 0.4) is 0 Å². The highest BCUT2D eigenvalue weighted by molar-refractivity contribution is 6.31. The molecular weight excluding hydrogens is 1880 g/mol. The van der Waals surface area contributed by atoms with E-state index in [2.05, 4.69) is 106 Å². The molecule has 0 radical (unpaired) electrons. The highest BCUT2D eigenvalue weighted by Gasteiger charge is 2.37. The predicted molar refractivity (Wildman–Crippen MR) is 556 cm³/mol. The number of urea groups is 2. The number of rotatable bonds is 15. The Hall–Kier alpha value is -12.3. The first kappa shape index (κ1) is 100. The van der Waals surface area contributed by atoms with Gasteiger partial charge in [-0.2, -0.15) is 15.3 Å². The van der Waals surface area contributed by atoms with Crippen molar-refractivity contribution in [2.45, 2.75) is 179 Å². The normalized spacial score (nSPS) is 19.2.